The number of benzene rings is 1. The third-order valence-corrected chi connectivity index (χ3v) is 2.70. The van der Waals surface area contributed by atoms with Crippen LogP contribution in [0.3, 0.4) is 0 Å². The fraction of sp³-hybridized carbons (Fsp3) is 0.333. The van der Waals surface area contributed by atoms with Crippen molar-refractivity contribution in [3.05, 3.63) is 34.9 Å². The van der Waals surface area contributed by atoms with Gasteiger partial charge in [-0.2, -0.15) is 0 Å². The number of amides is 2. The van der Waals surface area contributed by atoms with Crippen molar-refractivity contribution in [1.29, 1.82) is 0 Å². The van der Waals surface area contributed by atoms with Gasteiger partial charge in [0.2, 0.25) is 0 Å². The molecule has 2 rings (SSSR count). The molecule has 1 aromatic rings. The number of rotatable bonds is 2. The van der Waals surface area contributed by atoms with E-state index in [9.17, 15) is 19.2 Å². The molecule has 0 aromatic heterocycles. The highest BCUT2D eigenvalue weighted by molar-refractivity contribution is 6.21. The Morgan fingerprint density at radius 2 is 1.64 bits per heavy atom. The molecule has 1 aliphatic rings. The summed E-state index contributed by atoms with van der Waals surface area (Å²) in [6, 6.07) is 3.97. The number of hydrogen-bond acceptors (Lipinski definition) is 6. The van der Waals surface area contributed by atoms with E-state index in [1.54, 1.807) is 20.8 Å². The number of carbonyl (C=O) groups is 4. The topological polar surface area (TPSA) is 90.0 Å². The van der Waals surface area contributed by atoms with Gasteiger partial charge in [0.15, 0.2) is 0 Å². The van der Waals surface area contributed by atoms with Crippen LogP contribution >= 0.6 is 0 Å². The van der Waals surface area contributed by atoms with Crippen molar-refractivity contribution >= 4 is 23.8 Å². The highest BCUT2D eigenvalue weighted by Crippen LogP contribution is 2.25. The zero-order chi connectivity index (χ0) is 16.7. The minimum absolute atomic E-state index is 0.00499. The maximum Gasteiger partial charge on any atom is 0.338 e. The number of carbonyl (C=O) groups excluding carboxylic acids is 4. The molecule has 1 aromatic carbocycles. The normalized spacial score (nSPS) is 13.9. The predicted molar refractivity (Wildman–Crippen MR) is 73.9 cm³/mol. The monoisotopic (exact) mass is 305 g/mol. The number of fused-ring (bicyclic) bond motifs is 1. The molecule has 0 radical (unpaired) electrons. The highest BCUT2D eigenvalue weighted by atomic mass is 16.7. The largest absolute Gasteiger partial charge is 0.456 e. The Hall–Kier alpha value is -2.70. The van der Waals surface area contributed by atoms with Gasteiger partial charge in [-0.15, -0.1) is 0 Å². The van der Waals surface area contributed by atoms with Gasteiger partial charge in [0.1, 0.15) is 5.60 Å². The maximum absolute atomic E-state index is 12.1. The van der Waals surface area contributed by atoms with Gasteiger partial charge in [0.25, 0.3) is 11.8 Å². The second-order valence-electron chi connectivity index (χ2n) is 5.75. The molecular formula is C15H15NO6. The lowest BCUT2D eigenvalue weighted by Gasteiger charge is -2.19. The Labute approximate surface area is 126 Å². The molecule has 0 saturated heterocycles. The first-order valence-corrected chi connectivity index (χ1v) is 6.55. The van der Waals surface area contributed by atoms with Gasteiger partial charge in [0.05, 0.1) is 16.7 Å². The molecule has 2 amide bonds. The number of esters is 1. The molecule has 1 heterocycles. The van der Waals surface area contributed by atoms with E-state index in [0.717, 1.165) is 6.92 Å². The van der Waals surface area contributed by atoms with Gasteiger partial charge >= 0.3 is 11.9 Å². The molecule has 0 N–H and O–H groups in total. The van der Waals surface area contributed by atoms with Crippen molar-refractivity contribution < 1.29 is 28.8 Å². The van der Waals surface area contributed by atoms with Crippen LogP contribution in [0.25, 0.3) is 0 Å². The van der Waals surface area contributed by atoms with Crippen LogP contribution in [0.5, 0.6) is 0 Å². The van der Waals surface area contributed by atoms with E-state index in [4.69, 9.17) is 4.74 Å². The third-order valence-electron chi connectivity index (χ3n) is 2.70. The molecule has 7 nitrogen and oxygen atoms in total. The van der Waals surface area contributed by atoms with E-state index >= 15 is 0 Å². The smallest absolute Gasteiger partial charge is 0.338 e. The van der Waals surface area contributed by atoms with Crippen LogP contribution in [0.15, 0.2) is 18.2 Å². The first-order chi connectivity index (χ1) is 10.1. The number of ether oxygens (including phenoxy) is 1. The summed E-state index contributed by atoms with van der Waals surface area (Å²) < 4.78 is 5.20. The van der Waals surface area contributed by atoms with Crippen molar-refractivity contribution in [3.63, 3.8) is 0 Å². The average Bonchev–Trinajstić information content (AvgIpc) is 2.61. The number of nitrogens with zero attached hydrogens (tertiary/aromatic N) is 1. The summed E-state index contributed by atoms with van der Waals surface area (Å²) >= 11 is 0. The molecule has 0 fully saturated rings. The van der Waals surface area contributed by atoms with Crippen LogP contribution in [0.2, 0.25) is 0 Å². The van der Waals surface area contributed by atoms with Crippen molar-refractivity contribution in [1.82, 2.24) is 5.06 Å². The second kappa shape index (κ2) is 5.25. The second-order valence-corrected chi connectivity index (χ2v) is 5.75. The summed E-state index contributed by atoms with van der Waals surface area (Å²) in [4.78, 5) is 51.5. The minimum Gasteiger partial charge on any atom is -0.456 e. The lowest BCUT2D eigenvalue weighted by molar-refractivity contribution is -0.165. The maximum atomic E-state index is 12.1. The zero-order valence-electron chi connectivity index (χ0n) is 12.6. The highest BCUT2D eigenvalue weighted by Gasteiger charge is 2.39. The number of imide groups is 1. The summed E-state index contributed by atoms with van der Waals surface area (Å²) in [6.45, 7) is 6.23. The van der Waals surface area contributed by atoms with Crippen LogP contribution < -0.4 is 0 Å². The van der Waals surface area contributed by atoms with E-state index in [0.29, 0.717) is 5.06 Å². The van der Waals surface area contributed by atoms with Crippen molar-refractivity contribution in [2.45, 2.75) is 33.3 Å². The fourth-order valence-electron chi connectivity index (χ4n) is 1.89. The Kier molecular flexibility index (Phi) is 3.74. The molecule has 0 atom stereocenters. The molecular weight excluding hydrogens is 290 g/mol. The standard InChI is InChI=1S/C15H15NO6/c1-8(17)22-16-12(18)10-6-5-9(7-11(10)13(16)19)14(20)21-15(2,3)4/h5-7H,1-4H3. The van der Waals surface area contributed by atoms with Crippen molar-refractivity contribution in [3.8, 4) is 0 Å². The molecule has 0 saturated carbocycles. The Balaban J connectivity index is 2.33. The molecule has 1 aliphatic heterocycles. The summed E-state index contributed by atoms with van der Waals surface area (Å²) in [5.74, 6) is -2.94. The van der Waals surface area contributed by atoms with Crippen molar-refractivity contribution in [2.24, 2.45) is 0 Å². The molecule has 0 spiro atoms. The molecule has 0 unspecified atom stereocenters. The van der Waals surface area contributed by atoms with Gasteiger partial charge in [0, 0.05) is 6.92 Å². The van der Waals surface area contributed by atoms with E-state index < -0.39 is 29.4 Å². The molecule has 0 aliphatic carbocycles. The van der Waals surface area contributed by atoms with Crippen LogP contribution in [-0.2, 0) is 14.4 Å². The van der Waals surface area contributed by atoms with Gasteiger partial charge < -0.3 is 9.57 Å². The summed E-state index contributed by atoms with van der Waals surface area (Å²) in [7, 11) is 0. The lowest BCUT2D eigenvalue weighted by atomic mass is 10.1. The van der Waals surface area contributed by atoms with E-state index in [-0.39, 0.29) is 16.7 Å². The van der Waals surface area contributed by atoms with E-state index in [2.05, 4.69) is 4.84 Å². The van der Waals surface area contributed by atoms with Gasteiger partial charge in [-0.1, -0.05) is 5.06 Å². The molecule has 22 heavy (non-hydrogen) atoms. The van der Waals surface area contributed by atoms with E-state index in [1.165, 1.54) is 18.2 Å². The SMILES string of the molecule is CC(=O)ON1C(=O)c2ccc(C(=O)OC(C)(C)C)cc2C1=O. The molecule has 116 valence electrons. The van der Waals surface area contributed by atoms with Crippen LogP contribution in [0.1, 0.15) is 58.8 Å². The van der Waals surface area contributed by atoms with Gasteiger partial charge in [-0.05, 0) is 39.0 Å². The number of hydrogen-bond donors (Lipinski definition) is 0. The fourth-order valence-corrected chi connectivity index (χ4v) is 1.89. The predicted octanol–water partition coefficient (Wildman–Crippen LogP) is 1.72. The third kappa shape index (κ3) is 2.98. The van der Waals surface area contributed by atoms with Crippen LogP contribution in [-0.4, -0.2) is 34.4 Å². The van der Waals surface area contributed by atoms with Crippen LogP contribution in [0, 0.1) is 0 Å². The lowest BCUT2D eigenvalue weighted by Crippen LogP contribution is -2.31. The zero-order valence-corrected chi connectivity index (χ0v) is 12.6. The van der Waals surface area contributed by atoms with Crippen LogP contribution in [0.4, 0.5) is 0 Å². The van der Waals surface area contributed by atoms with E-state index in [1.807, 2.05) is 0 Å². The first kappa shape index (κ1) is 15.7. The minimum atomic E-state index is -0.791. The first-order valence-electron chi connectivity index (χ1n) is 6.55. The quantitative estimate of drug-likeness (QED) is 0.610. The summed E-state index contributed by atoms with van der Waals surface area (Å²) in [5, 5.41) is 0.381. The Morgan fingerprint density at radius 1 is 1.05 bits per heavy atom. The molecule has 0 bridgehead atoms. The molecule has 7 heteroatoms. The average molecular weight is 305 g/mol. The Bertz CT molecular complexity index is 686. The van der Waals surface area contributed by atoms with Gasteiger partial charge in [-0.25, -0.2) is 9.59 Å². The van der Waals surface area contributed by atoms with Gasteiger partial charge in [-0.3, -0.25) is 9.59 Å². The Morgan fingerprint density at radius 3 is 2.18 bits per heavy atom. The summed E-state index contributed by atoms with van der Waals surface area (Å²) in [5.41, 5.74) is -0.479. The number of hydroxylamine groups is 2. The van der Waals surface area contributed by atoms with Crippen molar-refractivity contribution in [2.75, 3.05) is 0 Å². The summed E-state index contributed by atoms with van der Waals surface area (Å²) in [6.07, 6.45) is 0.